The van der Waals surface area contributed by atoms with Crippen LogP contribution in [-0.4, -0.2) is 36.7 Å². The molecular formula is C14H21BrN2O. The Labute approximate surface area is 117 Å². The number of hydrogen-bond acceptors (Lipinski definition) is 3. The molecule has 2 N–H and O–H groups in total. The SMILES string of the molecule is CC(C)(N)CN1CCOC(c2cccc(Br)c2)C1. The maximum atomic E-state index is 6.08. The fourth-order valence-corrected chi connectivity index (χ4v) is 2.75. The van der Waals surface area contributed by atoms with E-state index >= 15 is 0 Å². The molecule has 0 bridgehead atoms. The molecule has 100 valence electrons. The van der Waals surface area contributed by atoms with E-state index < -0.39 is 0 Å². The summed E-state index contributed by atoms with van der Waals surface area (Å²) in [5.74, 6) is 0. The molecule has 0 saturated carbocycles. The summed E-state index contributed by atoms with van der Waals surface area (Å²) in [6, 6.07) is 8.33. The van der Waals surface area contributed by atoms with Crippen molar-refractivity contribution < 1.29 is 4.74 Å². The van der Waals surface area contributed by atoms with Crippen molar-refractivity contribution in [2.24, 2.45) is 5.73 Å². The van der Waals surface area contributed by atoms with Crippen LogP contribution in [0.15, 0.2) is 28.7 Å². The van der Waals surface area contributed by atoms with Gasteiger partial charge in [-0.25, -0.2) is 0 Å². The number of nitrogens with two attached hydrogens (primary N) is 1. The maximum absolute atomic E-state index is 6.08. The summed E-state index contributed by atoms with van der Waals surface area (Å²) in [5, 5.41) is 0. The molecule has 0 radical (unpaired) electrons. The molecule has 0 spiro atoms. The molecule has 0 aliphatic carbocycles. The van der Waals surface area contributed by atoms with Crippen LogP contribution in [0, 0.1) is 0 Å². The number of rotatable bonds is 3. The topological polar surface area (TPSA) is 38.5 Å². The standard InChI is InChI=1S/C14H21BrN2O/c1-14(2,16)10-17-6-7-18-13(9-17)11-4-3-5-12(15)8-11/h3-5,8,13H,6-7,9-10,16H2,1-2H3. The molecule has 1 aromatic carbocycles. The Bertz CT molecular complexity index is 403. The Hall–Kier alpha value is -0.420. The molecule has 1 aromatic rings. The lowest BCUT2D eigenvalue weighted by atomic mass is 10.0. The van der Waals surface area contributed by atoms with E-state index in [0.29, 0.717) is 0 Å². The van der Waals surface area contributed by atoms with Crippen molar-refractivity contribution in [1.82, 2.24) is 4.90 Å². The fourth-order valence-electron chi connectivity index (χ4n) is 2.33. The van der Waals surface area contributed by atoms with E-state index in [-0.39, 0.29) is 11.6 Å². The van der Waals surface area contributed by atoms with Gasteiger partial charge in [0.2, 0.25) is 0 Å². The van der Waals surface area contributed by atoms with Crippen molar-refractivity contribution in [2.75, 3.05) is 26.2 Å². The number of hydrogen-bond donors (Lipinski definition) is 1. The van der Waals surface area contributed by atoms with Crippen LogP contribution in [0.3, 0.4) is 0 Å². The van der Waals surface area contributed by atoms with E-state index in [1.165, 1.54) is 5.56 Å². The summed E-state index contributed by atoms with van der Waals surface area (Å²) >= 11 is 3.50. The summed E-state index contributed by atoms with van der Waals surface area (Å²) in [4.78, 5) is 2.38. The van der Waals surface area contributed by atoms with Crippen molar-refractivity contribution in [3.63, 3.8) is 0 Å². The highest BCUT2D eigenvalue weighted by Crippen LogP contribution is 2.25. The smallest absolute Gasteiger partial charge is 0.0952 e. The zero-order valence-electron chi connectivity index (χ0n) is 11.0. The normalized spacial score (nSPS) is 22.1. The minimum Gasteiger partial charge on any atom is -0.371 e. The first-order valence-electron chi connectivity index (χ1n) is 6.32. The summed E-state index contributed by atoms with van der Waals surface area (Å²) in [7, 11) is 0. The summed E-state index contributed by atoms with van der Waals surface area (Å²) in [6.07, 6.45) is 0.151. The highest BCUT2D eigenvalue weighted by atomic mass is 79.9. The molecule has 4 heteroatoms. The minimum atomic E-state index is -0.154. The maximum Gasteiger partial charge on any atom is 0.0952 e. The lowest BCUT2D eigenvalue weighted by Crippen LogP contribution is -2.49. The number of morpholine rings is 1. The monoisotopic (exact) mass is 312 g/mol. The Morgan fingerprint density at radius 1 is 1.50 bits per heavy atom. The molecule has 1 unspecified atom stereocenters. The second-order valence-electron chi connectivity index (χ2n) is 5.64. The molecule has 3 nitrogen and oxygen atoms in total. The van der Waals surface area contributed by atoms with Gasteiger partial charge in [0.25, 0.3) is 0 Å². The third kappa shape index (κ3) is 4.05. The van der Waals surface area contributed by atoms with E-state index in [0.717, 1.165) is 30.7 Å². The second kappa shape index (κ2) is 5.70. The lowest BCUT2D eigenvalue weighted by molar-refractivity contribution is -0.0347. The third-order valence-electron chi connectivity index (χ3n) is 3.00. The predicted molar refractivity (Wildman–Crippen MR) is 77.5 cm³/mol. The van der Waals surface area contributed by atoms with E-state index in [2.05, 4.69) is 52.9 Å². The van der Waals surface area contributed by atoms with Crippen molar-refractivity contribution in [3.8, 4) is 0 Å². The van der Waals surface area contributed by atoms with Gasteiger partial charge in [0.05, 0.1) is 12.7 Å². The summed E-state index contributed by atoms with van der Waals surface area (Å²) < 4.78 is 6.96. The van der Waals surface area contributed by atoms with Gasteiger partial charge in [-0.3, -0.25) is 4.90 Å². The van der Waals surface area contributed by atoms with E-state index in [4.69, 9.17) is 10.5 Å². The summed E-state index contributed by atoms with van der Waals surface area (Å²) in [6.45, 7) is 7.68. The molecule has 1 saturated heterocycles. The Morgan fingerprint density at radius 2 is 2.28 bits per heavy atom. The first-order valence-corrected chi connectivity index (χ1v) is 7.12. The zero-order chi connectivity index (χ0) is 13.2. The third-order valence-corrected chi connectivity index (χ3v) is 3.50. The Balaban J connectivity index is 2.02. The van der Waals surface area contributed by atoms with Gasteiger partial charge in [-0.1, -0.05) is 28.1 Å². The van der Waals surface area contributed by atoms with Crippen LogP contribution in [0.1, 0.15) is 25.5 Å². The van der Waals surface area contributed by atoms with Gasteiger partial charge in [0.15, 0.2) is 0 Å². The number of nitrogens with zero attached hydrogens (tertiary/aromatic N) is 1. The molecular weight excluding hydrogens is 292 g/mol. The first-order chi connectivity index (χ1) is 8.44. The fraction of sp³-hybridized carbons (Fsp3) is 0.571. The van der Waals surface area contributed by atoms with Gasteiger partial charge in [0.1, 0.15) is 0 Å². The minimum absolute atomic E-state index is 0.151. The average Bonchev–Trinajstić information content (AvgIpc) is 2.27. The van der Waals surface area contributed by atoms with E-state index in [1.807, 2.05) is 6.07 Å². The van der Waals surface area contributed by atoms with E-state index in [1.54, 1.807) is 0 Å². The zero-order valence-corrected chi connectivity index (χ0v) is 12.6. The van der Waals surface area contributed by atoms with Gasteiger partial charge < -0.3 is 10.5 Å². The van der Waals surface area contributed by atoms with Crippen molar-refractivity contribution in [2.45, 2.75) is 25.5 Å². The molecule has 1 aliphatic heterocycles. The van der Waals surface area contributed by atoms with Crippen molar-refractivity contribution in [3.05, 3.63) is 34.3 Å². The van der Waals surface area contributed by atoms with Gasteiger partial charge in [-0.2, -0.15) is 0 Å². The van der Waals surface area contributed by atoms with Crippen LogP contribution in [0.2, 0.25) is 0 Å². The van der Waals surface area contributed by atoms with Crippen molar-refractivity contribution >= 4 is 15.9 Å². The van der Waals surface area contributed by atoms with Crippen LogP contribution in [0.25, 0.3) is 0 Å². The molecule has 18 heavy (non-hydrogen) atoms. The first kappa shape index (κ1) is 14.0. The van der Waals surface area contributed by atoms with Crippen LogP contribution >= 0.6 is 15.9 Å². The van der Waals surface area contributed by atoms with E-state index in [9.17, 15) is 0 Å². The molecule has 1 aliphatic rings. The van der Waals surface area contributed by atoms with Gasteiger partial charge in [-0.15, -0.1) is 0 Å². The largest absolute Gasteiger partial charge is 0.371 e. The summed E-state index contributed by atoms with van der Waals surface area (Å²) in [5.41, 5.74) is 7.16. The van der Waals surface area contributed by atoms with Crippen LogP contribution < -0.4 is 5.73 Å². The van der Waals surface area contributed by atoms with Crippen molar-refractivity contribution in [1.29, 1.82) is 0 Å². The predicted octanol–water partition coefficient (Wildman–Crippen LogP) is 2.56. The molecule has 2 rings (SSSR count). The second-order valence-corrected chi connectivity index (χ2v) is 6.55. The Morgan fingerprint density at radius 3 is 2.94 bits per heavy atom. The average molecular weight is 313 g/mol. The Kier molecular flexibility index (Phi) is 4.43. The molecule has 0 aromatic heterocycles. The van der Waals surface area contributed by atoms with Crippen LogP contribution in [-0.2, 0) is 4.74 Å². The quantitative estimate of drug-likeness (QED) is 0.932. The van der Waals surface area contributed by atoms with Crippen LogP contribution in [0.4, 0.5) is 0 Å². The van der Waals surface area contributed by atoms with Gasteiger partial charge >= 0.3 is 0 Å². The lowest BCUT2D eigenvalue weighted by Gasteiger charge is -2.36. The van der Waals surface area contributed by atoms with Gasteiger partial charge in [0, 0.05) is 29.6 Å². The highest BCUT2D eigenvalue weighted by molar-refractivity contribution is 9.10. The molecule has 1 fully saturated rings. The number of ether oxygens (including phenoxy) is 1. The molecule has 1 heterocycles. The molecule has 1 atom stereocenters. The number of halogens is 1. The molecule has 0 amide bonds. The van der Waals surface area contributed by atoms with Crippen LogP contribution in [0.5, 0.6) is 0 Å². The number of benzene rings is 1. The highest BCUT2D eigenvalue weighted by Gasteiger charge is 2.25. The van der Waals surface area contributed by atoms with Gasteiger partial charge in [-0.05, 0) is 31.5 Å².